The summed E-state index contributed by atoms with van der Waals surface area (Å²) in [5.74, 6) is 6.54. The highest BCUT2D eigenvalue weighted by molar-refractivity contribution is 4.99. The zero-order valence-corrected chi connectivity index (χ0v) is 12.3. The van der Waals surface area contributed by atoms with E-state index in [0.717, 1.165) is 32.1 Å². The third-order valence-corrected chi connectivity index (χ3v) is 4.62. The summed E-state index contributed by atoms with van der Waals surface area (Å²) in [6.45, 7) is 6.31. The summed E-state index contributed by atoms with van der Waals surface area (Å²) in [5, 5.41) is 9.43. The van der Waals surface area contributed by atoms with E-state index in [1.54, 1.807) is 0 Å². The van der Waals surface area contributed by atoms with E-state index in [-0.39, 0.29) is 18.8 Å². The predicted octanol–water partition coefficient (Wildman–Crippen LogP) is 2.72. The molecule has 2 fully saturated rings. The second-order valence-corrected chi connectivity index (χ2v) is 6.07. The normalized spacial score (nSPS) is 42.7. The monoisotopic (exact) mass is 266 g/mol. The first kappa shape index (κ1) is 14.8. The Morgan fingerprint density at radius 3 is 2.26 bits per heavy atom. The number of aliphatic hydroxyl groups is 1. The molecule has 2 aliphatic heterocycles. The molecular formula is C16H26O3. The van der Waals surface area contributed by atoms with Crippen LogP contribution in [0.4, 0.5) is 0 Å². The van der Waals surface area contributed by atoms with Crippen LogP contribution in [0.15, 0.2) is 0 Å². The number of rotatable bonds is 2. The number of aliphatic hydroxyl groups excluding tert-OH is 1. The molecule has 0 aromatic heterocycles. The number of hydrogen-bond donors (Lipinski definition) is 1. The Kier molecular flexibility index (Phi) is 4.89. The van der Waals surface area contributed by atoms with Gasteiger partial charge in [0.2, 0.25) is 0 Å². The maximum absolute atomic E-state index is 9.43. The standard InChI is InChI=1S/C16H26O3/c1-4-5-6-14-12(2)7-9-16(18-14)10-8-13(3)15(11-17)19-16/h12-15,17H,6-11H2,1-3H3/t12-,13-,14+,15-,16+/m0/s1. The quantitative estimate of drug-likeness (QED) is 0.781. The van der Waals surface area contributed by atoms with Crippen molar-refractivity contribution in [2.75, 3.05) is 6.61 Å². The van der Waals surface area contributed by atoms with Gasteiger partial charge in [0.25, 0.3) is 0 Å². The molecule has 0 aromatic rings. The minimum absolute atomic E-state index is 0.0833. The van der Waals surface area contributed by atoms with Gasteiger partial charge in [0.05, 0.1) is 18.8 Å². The van der Waals surface area contributed by atoms with E-state index in [1.807, 2.05) is 6.92 Å². The van der Waals surface area contributed by atoms with Crippen LogP contribution >= 0.6 is 0 Å². The van der Waals surface area contributed by atoms with Crippen LogP contribution in [-0.2, 0) is 9.47 Å². The molecule has 0 aromatic carbocycles. The molecule has 3 nitrogen and oxygen atoms in total. The van der Waals surface area contributed by atoms with Crippen molar-refractivity contribution >= 4 is 0 Å². The average Bonchev–Trinajstić information content (AvgIpc) is 2.43. The zero-order chi connectivity index (χ0) is 13.9. The van der Waals surface area contributed by atoms with Crippen LogP contribution in [0.3, 0.4) is 0 Å². The van der Waals surface area contributed by atoms with Crippen molar-refractivity contribution in [2.45, 2.75) is 70.9 Å². The molecule has 0 bridgehead atoms. The van der Waals surface area contributed by atoms with Crippen LogP contribution in [0.1, 0.15) is 52.9 Å². The Morgan fingerprint density at radius 2 is 1.68 bits per heavy atom. The van der Waals surface area contributed by atoms with Gasteiger partial charge in [-0.3, -0.25) is 0 Å². The molecule has 3 heteroatoms. The molecule has 19 heavy (non-hydrogen) atoms. The van der Waals surface area contributed by atoms with E-state index in [2.05, 4.69) is 25.7 Å². The highest BCUT2D eigenvalue weighted by atomic mass is 16.7. The molecule has 2 aliphatic rings. The van der Waals surface area contributed by atoms with Crippen molar-refractivity contribution < 1.29 is 14.6 Å². The summed E-state index contributed by atoms with van der Waals surface area (Å²) in [6, 6.07) is 0. The predicted molar refractivity (Wildman–Crippen MR) is 74.4 cm³/mol. The Balaban J connectivity index is 2.04. The van der Waals surface area contributed by atoms with Crippen molar-refractivity contribution in [2.24, 2.45) is 11.8 Å². The van der Waals surface area contributed by atoms with Gasteiger partial charge in [0.1, 0.15) is 0 Å². The first-order valence-electron chi connectivity index (χ1n) is 7.46. The van der Waals surface area contributed by atoms with E-state index in [0.29, 0.717) is 11.8 Å². The van der Waals surface area contributed by atoms with Gasteiger partial charge in [0.15, 0.2) is 5.79 Å². The van der Waals surface area contributed by atoms with E-state index in [9.17, 15) is 5.11 Å². The fourth-order valence-corrected chi connectivity index (χ4v) is 3.10. The molecule has 0 aliphatic carbocycles. The minimum atomic E-state index is -0.466. The van der Waals surface area contributed by atoms with Gasteiger partial charge < -0.3 is 14.6 Å². The second kappa shape index (κ2) is 6.26. The molecule has 108 valence electrons. The van der Waals surface area contributed by atoms with Gasteiger partial charge in [0, 0.05) is 19.3 Å². The molecule has 1 spiro atoms. The first-order chi connectivity index (χ1) is 9.10. The summed E-state index contributed by atoms with van der Waals surface area (Å²) in [5.41, 5.74) is 0. The summed E-state index contributed by atoms with van der Waals surface area (Å²) >= 11 is 0. The largest absolute Gasteiger partial charge is 0.394 e. The van der Waals surface area contributed by atoms with E-state index in [1.165, 1.54) is 0 Å². The van der Waals surface area contributed by atoms with Crippen LogP contribution in [0.2, 0.25) is 0 Å². The van der Waals surface area contributed by atoms with Crippen molar-refractivity contribution in [3.8, 4) is 11.8 Å². The van der Waals surface area contributed by atoms with Crippen LogP contribution in [0, 0.1) is 23.7 Å². The first-order valence-corrected chi connectivity index (χ1v) is 7.46. The maximum atomic E-state index is 9.43. The lowest BCUT2D eigenvalue weighted by molar-refractivity contribution is -0.333. The highest BCUT2D eigenvalue weighted by Gasteiger charge is 2.46. The average molecular weight is 266 g/mol. The third-order valence-electron chi connectivity index (χ3n) is 4.62. The molecule has 2 heterocycles. The molecule has 2 rings (SSSR count). The van der Waals surface area contributed by atoms with Crippen molar-refractivity contribution in [3.05, 3.63) is 0 Å². The zero-order valence-electron chi connectivity index (χ0n) is 12.3. The molecule has 0 saturated carbocycles. The van der Waals surface area contributed by atoms with Gasteiger partial charge in [-0.1, -0.05) is 13.8 Å². The fraction of sp³-hybridized carbons (Fsp3) is 0.875. The second-order valence-electron chi connectivity index (χ2n) is 6.07. The summed E-state index contributed by atoms with van der Waals surface area (Å²) in [6.07, 6.45) is 4.91. The van der Waals surface area contributed by atoms with Gasteiger partial charge in [-0.15, -0.1) is 11.8 Å². The van der Waals surface area contributed by atoms with Crippen LogP contribution < -0.4 is 0 Å². The van der Waals surface area contributed by atoms with E-state index >= 15 is 0 Å². The summed E-state index contributed by atoms with van der Waals surface area (Å²) in [7, 11) is 0. The molecule has 0 radical (unpaired) electrons. The van der Waals surface area contributed by atoms with E-state index in [4.69, 9.17) is 9.47 Å². The minimum Gasteiger partial charge on any atom is -0.394 e. The van der Waals surface area contributed by atoms with Crippen LogP contribution in [-0.4, -0.2) is 29.7 Å². The number of ether oxygens (including phenoxy) is 2. The Labute approximate surface area is 116 Å². The fourth-order valence-electron chi connectivity index (χ4n) is 3.10. The maximum Gasteiger partial charge on any atom is 0.169 e. The molecular weight excluding hydrogens is 240 g/mol. The molecule has 2 saturated heterocycles. The molecule has 5 atom stereocenters. The van der Waals surface area contributed by atoms with Crippen LogP contribution in [0.5, 0.6) is 0 Å². The van der Waals surface area contributed by atoms with E-state index < -0.39 is 5.79 Å². The Hall–Kier alpha value is -0.560. The third kappa shape index (κ3) is 3.31. The SMILES string of the molecule is CC#CC[C@H]1O[C@]2(CC[C@H](C)[C@H](CO)O2)CC[C@@H]1C. The summed E-state index contributed by atoms with van der Waals surface area (Å²) in [4.78, 5) is 0. The molecule has 0 amide bonds. The Bertz CT molecular complexity index is 353. The lowest BCUT2D eigenvalue weighted by atomic mass is 9.84. The summed E-state index contributed by atoms with van der Waals surface area (Å²) < 4.78 is 12.4. The molecule has 0 unspecified atom stereocenters. The highest BCUT2D eigenvalue weighted by Crippen LogP contribution is 2.43. The topological polar surface area (TPSA) is 38.7 Å². The number of hydrogen-bond acceptors (Lipinski definition) is 3. The smallest absolute Gasteiger partial charge is 0.169 e. The van der Waals surface area contributed by atoms with Gasteiger partial charge >= 0.3 is 0 Å². The lowest BCUT2D eigenvalue weighted by Crippen LogP contribution is -2.52. The van der Waals surface area contributed by atoms with Crippen molar-refractivity contribution in [1.29, 1.82) is 0 Å². The van der Waals surface area contributed by atoms with Gasteiger partial charge in [-0.05, 0) is 31.6 Å². The lowest BCUT2D eigenvalue weighted by Gasteiger charge is -2.49. The van der Waals surface area contributed by atoms with Gasteiger partial charge in [-0.25, -0.2) is 0 Å². The van der Waals surface area contributed by atoms with Crippen molar-refractivity contribution in [1.82, 2.24) is 0 Å². The van der Waals surface area contributed by atoms with Crippen molar-refractivity contribution in [3.63, 3.8) is 0 Å². The van der Waals surface area contributed by atoms with Gasteiger partial charge in [-0.2, -0.15) is 0 Å². The van der Waals surface area contributed by atoms with Crippen LogP contribution in [0.25, 0.3) is 0 Å². The molecule has 1 N–H and O–H groups in total. The Morgan fingerprint density at radius 1 is 1.11 bits per heavy atom.